The largest absolute Gasteiger partial charge is 0.312 e. The van der Waals surface area contributed by atoms with E-state index < -0.39 is 0 Å². The number of benzene rings is 1. The topological polar surface area (TPSA) is 24.9 Å². The number of rotatable bonds is 7. The van der Waals surface area contributed by atoms with Gasteiger partial charge in [0.1, 0.15) is 0 Å². The fraction of sp³-hybridized carbons (Fsp3) is 0.353. The van der Waals surface area contributed by atoms with E-state index in [-0.39, 0.29) is 0 Å². The first-order chi connectivity index (χ1) is 10.1. The summed E-state index contributed by atoms with van der Waals surface area (Å²) in [5.41, 5.74) is 2.44. The number of aromatic nitrogens is 1. The van der Waals surface area contributed by atoms with Crippen LogP contribution in [0.5, 0.6) is 0 Å². The van der Waals surface area contributed by atoms with Gasteiger partial charge in [-0.2, -0.15) is 0 Å². The standard InChI is InChI=1S/C17H21BrN2S/c1-13(2)9-19-10-14-3-7-17(8-4-14)21-12-16-6-5-15(18)11-20-16/h3-8,11,13,19H,9-10,12H2,1-2H3. The molecule has 0 saturated carbocycles. The molecule has 2 nitrogen and oxygen atoms in total. The van der Waals surface area contributed by atoms with Gasteiger partial charge in [-0.3, -0.25) is 4.98 Å². The molecule has 0 radical (unpaired) electrons. The van der Waals surface area contributed by atoms with Crippen LogP contribution in [0, 0.1) is 5.92 Å². The zero-order valence-electron chi connectivity index (χ0n) is 12.5. The Labute approximate surface area is 139 Å². The second-order valence-corrected chi connectivity index (χ2v) is 7.39. The van der Waals surface area contributed by atoms with Gasteiger partial charge in [-0.1, -0.05) is 26.0 Å². The molecule has 0 aliphatic carbocycles. The quantitative estimate of drug-likeness (QED) is 0.708. The van der Waals surface area contributed by atoms with E-state index in [4.69, 9.17) is 0 Å². The zero-order valence-corrected chi connectivity index (χ0v) is 14.9. The summed E-state index contributed by atoms with van der Waals surface area (Å²) in [4.78, 5) is 5.67. The van der Waals surface area contributed by atoms with E-state index in [0.717, 1.165) is 29.0 Å². The van der Waals surface area contributed by atoms with Crippen molar-refractivity contribution < 1.29 is 0 Å². The fourth-order valence-electron chi connectivity index (χ4n) is 1.86. The van der Waals surface area contributed by atoms with Crippen LogP contribution in [0.2, 0.25) is 0 Å². The fourth-order valence-corrected chi connectivity index (χ4v) is 2.91. The average molecular weight is 365 g/mol. The molecule has 0 unspecified atom stereocenters. The summed E-state index contributed by atoms with van der Waals surface area (Å²) in [7, 11) is 0. The molecule has 4 heteroatoms. The first-order valence-electron chi connectivity index (χ1n) is 7.16. The van der Waals surface area contributed by atoms with Crippen molar-refractivity contribution in [2.45, 2.75) is 31.0 Å². The minimum atomic E-state index is 0.693. The van der Waals surface area contributed by atoms with Gasteiger partial charge in [0.2, 0.25) is 0 Å². The summed E-state index contributed by atoms with van der Waals surface area (Å²) in [5, 5.41) is 3.46. The Morgan fingerprint density at radius 3 is 2.52 bits per heavy atom. The molecule has 0 saturated heterocycles. The van der Waals surface area contributed by atoms with Crippen molar-refractivity contribution in [2.75, 3.05) is 6.54 Å². The van der Waals surface area contributed by atoms with E-state index in [1.54, 1.807) is 0 Å². The molecule has 0 aliphatic heterocycles. The van der Waals surface area contributed by atoms with Gasteiger partial charge in [0, 0.05) is 27.9 Å². The lowest BCUT2D eigenvalue weighted by Crippen LogP contribution is -2.18. The van der Waals surface area contributed by atoms with Crippen molar-refractivity contribution in [3.05, 3.63) is 58.3 Å². The van der Waals surface area contributed by atoms with E-state index in [1.807, 2.05) is 24.0 Å². The first kappa shape index (κ1) is 16.5. The van der Waals surface area contributed by atoms with Crippen LogP contribution in [0.1, 0.15) is 25.1 Å². The summed E-state index contributed by atoms with van der Waals surface area (Å²) in [6.45, 7) is 6.45. The van der Waals surface area contributed by atoms with Crippen LogP contribution in [-0.4, -0.2) is 11.5 Å². The van der Waals surface area contributed by atoms with Crippen LogP contribution in [0.4, 0.5) is 0 Å². The molecule has 1 aromatic carbocycles. The van der Waals surface area contributed by atoms with Gasteiger partial charge >= 0.3 is 0 Å². The Hall–Kier alpha value is -0.840. The number of hydrogen-bond donors (Lipinski definition) is 1. The van der Waals surface area contributed by atoms with Gasteiger partial charge in [0.05, 0.1) is 5.69 Å². The van der Waals surface area contributed by atoms with Crippen molar-refractivity contribution in [1.82, 2.24) is 10.3 Å². The summed E-state index contributed by atoms with van der Waals surface area (Å²) in [5.74, 6) is 1.59. The number of nitrogens with one attached hydrogen (secondary N) is 1. The summed E-state index contributed by atoms with van der Waals surface area (Å²) in [6.07, 6.45) is 1.85. The molecule has 0 bridgehead atoms. The van der Waals surface area contributed by atoms with Gasteiger partial charge in [-0.05, 0) is 58.2 Å². The van der Waals surface area contributed by atoms with Crippen LogP contribution in [0.3, 0.4) is 0 Å². The minimum Gasteiger partial charge on any atom is -0.312 e. The Morgan fingerprint density at radius 2 is 1.90 bits per heavy atom. The highest BCUT2D eigenvalue weighted by Gasteiger charge is 1.99. The maximum absolute atomic E-state index is 4.39. The predicted octanol–water partition coefficient (Wildman–Crippen LogP) is 4.88. The number of halogens is 1. The molecule has 0 spiro atoms. The second kappa shape index (κ2) is 8.57. The van der Waals surface area contributed by atoms with Crippen LogP contribution in [-0.2, 0) is 12.3 Å². The number of hydrogen-bond acceptors (Lipinski definition) is 3. The Morgan fingerprint density at radius 1 is 1.14 bits per heavy atom. The van der Waals surface area contributed by atoms with Gasteiger partial charge < -0.3 is 5.32 Å². The van der Waals surface area contributed by atoms with E-state index in [9.17, 15) is 0 Å². The molecule has 21 heavy (non-hydrogen) atoms. The van der Waals surface area contributed by atoms with Crippen LogP contribution >= 0.6 is 27.7 Å². The highest BCUT2D eigenvalue weighted by molar-refractivity contribution is 9.10. The third-order valence-corrected chi connectivity index (χ3v) is 4.50. The van der Waals surface area contributed by atoms with E-state index in [0.29, 0.717) is 5.92 Å². The van der Waals surface area contributed by atoms with Crippen molar-refractivity contribution in [3.8, 4) is 0 Å². The molecule has 2 rings (SSSR count). The maximum Gasteiger partial charge on any atom is 0.0507 e. The average Bonchev–Trinajstić information content (AvgIpc) is 2.48. The lowest BCUT2D eigenvalue weighted by atomic mass is 10.2. The predicted molar refractivity (Wildman–Crippen MR) is 94.5 cm³/mol. The molecule has 0 fully saturated rings. The van der Waals surface area contributed by atoms with Crippen LogP contribution < -0.4 is 5.32 Å². The van der Waals surface area contributed by atoms with Gasteiger partial charge in [0.15, 0.2) is 0 Å². The SMILES string of the molecule is CC(C)CNCc1ccc(SCc2ccc(Br)cn2)cc1. The van der Waals surface area contributed by atoms with Crippen molar-refractivity contribution in [2.24, 2.45) is 5.92 Å². The Bertz CT molecular complexity index is 538. The third-order valence-electron chi connectivity index (χ3n) is 2.98. The highest BCUT2D eigenvalue weighted by atomic mass is 79.9. The molecule has 2 aromatic rings. The minimum absolute atomic E-state index is 0.693. The highest BCUT2D eigenvalue weighted by Crippen LogP contribution is 2.22. The molecule has 0 atom stereocenters. The molecule has 112 valence electrons. The smallest absolute Gasteiger partial charge is 0.0507 e. The zero-order chi connectivity index (χ0) is 15.1. The monoisotopic (exact) mass is 364 g/mol. The van der Waals surface area contributed by atoms with Crippen LogP contribution in [0.15, 0.2) is 52.0 Å². The van der Waals surface area contributed by atoms with Crippen LogP contribution in [0.25, 0.3) is 0 Å². The van der Waals surface area contributed by atoms with E-state index in [2.05, 4.69) is 70.4 Å². The van der Waals surface area contributed by atoms with Gasteiger partial charge in [-0.25, -0.2) is 0 Å². The molecule has 1 aromatic heterocycles. The second-order valence-electron chi connectivity index (χ2n) is 5.43. The number of nitrogens with zero attached hydrogens (tertiary/aromatic N) is 1. The summed E-state index contributed by atoms with van der Waals surface area (Å²) in [6, 6.07) is 12.9. The third kappa shape index (κ3) is 6.20. The van der Waals surface area contributed by atoms with Crippen molar-refractivity contribution in [1.29, 1.82) is 0 Å². The summed E-state index contributed by atoms with van der Waals surface area (Å²) >= 11 is 5.22. The molecular weight excluding hydrogens is 344 g/mol. The maximum atomic E-state index is 4.39. The first-order valence-corrected chi connectivity index (χ1v) is 8.94. The lowest BCUT2D eigenvalue weighted by molar-refractivity contribution is 0.552. The molecule has 0 amide bonds. The Balaban J connectivity index is 1.80. The van der Waals surface area contributed by atoms with Gasteiger partial charge in [0.25, 0.3) is 0 Å². The molecular formula is C17H21BrN2S. The summed E-state index contributed by atoms with van der Waals surface area (Å²) < 4.78 is 1.02. The Kier molecular flexibility index (Phi) is 6.74. The number of pyridine rings is 1. The normalized spacial score (nSPS) is 11.0. The molecule has 1 N–H and O–H groups in total. The van der Waals surface area contributed by atoms with E-state index >= 15 is 0 Å². The molecule has 0 aliphatic rings. The lowest BCUT2D eigenvalue weighted by Gasteiger charge is -2.08. The van der Waals surface area contributed by atoms with Gasteiger partial charge in [-0.15, -0.1) is 11.8 Å². The van der Waals surface area contributed by atoms with E-state index in [1.165, 1.54) is 10.5 Å². The number of thioether (sulfide) groups is 1. The molecule has 1 heterocycles. The van der Waals surface area contributed by atoms with Crippen molar-refractivity contribution in [3.63, 3.8) is 0 Å². The van der Waals surface area contributed by atoms with Crippen molar-refractivity contribution >= 4 is 27.7 Å².